The summed E-state index contributed by atoms with van der Waals surface area (Å²) in [7, 11) is 3.36. The van der Waals surface area contributed by atoms with E-state index in [2.05, 4.69) is 51.9 Å². The number of anilines is 1. The number of halogens is 1. The standard InChI is InChI=1S/C11H16NP.BrH/c1-3-12(4-2)11-7-5-10(9-13)6-8-11;/h5-9,13H,3-4H2,1-2H3;1H. The van der Waals surface area contributed by atoms with Crippen molar-refractivity contribution in [2.45, 2.75) is 13.8 Å². The minimum Gasteiger partial charge on any atom is -0.372 e. The van der Waals surface area contributed by atoms with E-state index in [9.17, 15) is 0 Å². The Kier molecular flexibility index (Phi) is 6.86. The van der Waals surface area contributed by atoms with E-state index in [0.29, 0.717) is 0 Å². The molecule has 0 aliphatic heterocycles. The van der Waals surface area contributed by atoms with Crippen molar-refractivity contribution in [2.24, 2.45) is 0 Å². The molecule has 1 nitrogen and oxygen atoms in total. The molecule has 0 radical (unpaired) electrons. The van der Waals surface area contributed by atoms with Crippen LogP contribution in [0.3, 0.4) is 0 Å². The van der Waals surface area contributed by atoms with Crippen LogP contribution in [0.2, 0.25) is 0 Å². The topological polar surface area (TPSA) is 3.24 Å². The van der Waals surface area contributed by atoms with Crippen molar-refractivity contribution >= 4 is 37.3 Å². The molecule has 0 aliphatic carbocycles. The van der Waals surface area contributed by atoms with Gasteiger partial charge in [-0.1, -0.05) is 12.1 Å². The predicted molar refractivity (Wildman–Crippen MR) is 73.8 cm³/mol. The molecule has 0 N–H and O–H groups in total. The molecule has 0 bridgehead atoms. The van der Waals surface area contributed by atoms with Crippen LogP contribution in [0.15, 0.2) is 24.3 Å². The molecule has 3 heteroatoms. The van der Waals surface area contributed by atoms with Crippen LogP contribution >= 0.6 is 25.8 Å². The lowest BCUT2D eigenvalue weighted by molar-refractivity contribution is 0.866. The van der Waals surface area contributed by atoms with E-state index >= 15 is 0 Å². The van der Waals surface area contributed by atoms with Crippen LogP contribution in [0.5, 0.6) is 0 Å². The summed E-state index contributed by atoms with van der Waals surface area (Å²) in [4.78, 5) is 2.33. The zero-order chi connectivity index (χ0) is 9.68. The van der Waals surface area contributed by atoms with Crippen LogP contribution in [0, 0.1) is 0 Å². The highest BCUT2D eigenvalue weighted by Gasteiger charge is 1.99. The average molecular weight is 274 g/mol. The molecule has 1 rings (SSSR count). The third-order valence-corrected chi connectivity index (χ3v) is 2.52. The first-order chi connectivity index (χ1) is 6.31. The molecular weight excluding hydrogens is 257 g/mol. The van der Waals surface area contributed by atoms with E-state index in [4.69, 9.17) is 0 Å². The first-order valence-electron chi connectivity index (χ1n) is 4.67. The summed E-state index contributed by atoms with van der Waals surface area (Å²) in [6, 6.07) is 8.53. The monoisotopic (exact) mass is 273 g/mol. The summed E-state index contributed by atoms with van der Waals surface area (Å²) in [5.41, 5.74) is 2.50. The quantitative estimate of drug-likeness (QED) is 0.760. The summed E-state index contributed by atoms with van der Waals surface area (Å²) in [6.45, 7) is 6.47. The second kappa shape index (κ2) is 7.03. The Morgan fingerprint density at radius 1 is 1.14 bits per heavy atom. The van der Waals surface area contributed by atoms with Crippen molar-refractivity contribution in [3.8, 4) is 0 Å². The Morgan fingerprint density at radius 2 is 1.64 bits per heavy atom. The van der Waals surface area contributed by atoms with Crippen LogP contribution in [-0.2, 0) is 0 Å². The van der Waals surface area contributed by atoms with E-state index in [-0.39, 0.29) is 17.0 Å². The summed E-state index contributed by atoms with van der Waals surface area (Å²) in [6.07, 6.45) is 0. The van der Waals surface area contributed by atoms with Crippen molar-refractivity contribution in [1.29, 1.82) is 0 Å². The van der Waals surface area contributed by atoms with Gasteiger partial charge in [-0.2, -0.15) is 0 Å². The molecule has 78 valence electrons. The highest BCUT2D eigenvalue weighted by atomic mass is 79.9. The Morgan fingerprint density at radius 3 is 2.00 bits per heavy atom. The number of nitrogens with zero attached hydrogens (tertiary/aromatic N) is 1. The van der Waals surface area contributed by atoms with Crippen molar-refractivity contribution in [2.75, 3.05) is 18.0 Å². The van der Waals surface area contributed by atoms with Gasteiger partial charge in [0.05, 0.1) is 0 Å². The van der Waals surface area contributed by atoms with Crippen LogP contribution in [0.25, 0.3) is 0 Å². The van der Waals surface area contributed by atoms with E-state index in [1.54, 1.807) is 0 Å². The molecule has 1 aromatic rings. The van der Waals surface area contributed by atoms with Gasteiger partial charge >= 0.3 is 0 Å². The number of benzene rings is 1. The number of hydrogen-bond donors (Lipinski definition) is 0. The maximum absolute atomic E-state index is 3.36. The first kappa shape index (κ1) is 13.7. The summed E-state index contributed by atoms with van der Waals surface area (Å²) in [5.74, 6) is 1.92. The maximum Gasteiger partial charge on any atom is 0.0366 e. The molecule has 0 fully saturated rings. The minimum absolute atomic E-state index is 0. The van der Waals surface area contributed by atoms with Gasteiger partial charge in [0.15, 0.2) is 0 Å². The van der Waals surface area contributed by atoms with Gasteiger partial charge in [0.25, 0.3) is 0 Å². The van der Waals surface area contributed by atoms with Gasteiger partial charge in [-0.05, 0) is 37.3 Å². The van der Waals surface area contributed by atoms with Crippen molar-refractivity contribution in [1.82, 2.24) is 0 Å². The van der Waals surface area contributed by atoms with E-state index < -0.39 is 0 Å². The Balaban J connectivity index is 0.00000169. The molecule has 0 aliphatic rings. The second-order valence-electron chi connectivity index (χ2n) is 2.91. The Labute approximate surface area is 99.1 Å². The molecule has 0 saturated heterocycles. The lowest BCUT2D eigenvalue weighted by Crippen LogP contribution is -2.21. The van der Waals surface area contributed by atoms with E-state index in [0.717, 1.165) is 13.1 Å². The van der Waals surface area contributed by atoms with Crippen LogP contribution < -0.4 is 4.90 Å². The fourth-order valence-corrected chi connectivity index (χ4v) is 1.56. The molecule has 0 unspecified atom stereocenters. The summed E-state index contributed by atoms with van der Waals surface area (Å²) in [5, 5.41) is 0. The van der Waals surface area contributed by atoms with Crippen molar-refractivity contribution < 1.29 is 0 Å². The predicted octanol–water partition coefficient (Wildman–Crippen LogP) is 3.40. The smallest absolute Gasteiger partial charge is 0.0366 e. The maximum atomic E-state index is 3.36. The number of rotatable bonds is 4. The molecule has 0 aromatic heterocycles. The number of hydrogen-bond acceptors (Lipinski definition) is 1. The van der Waals surface area contributed by atoms with E-state index in [1.165, 1.54) is 11.3 Å². The molecule has 0 saturated carbocycles. The van der Waals surface area contributed by atoms with Gasteiger partial charge < -0.3 is 4.90 Å². The van der Waals surface area contributed by atoms with Crippen LogP contribution in [-0.4, -0.2) is 18.9 Å². The van der Waals surface area contributed by atoms with Crippen molar-refractivity contribution in [3.05, 3.63) is 29.8 Å². The zero-order valence-corrected chi connectivity index (χ0v) is 11.4. The highest BCUT2D eigenvalue weighted by molar-refractivity contribution is 8.93. The lowest BCUT2D eigenvalue weighted by Gasteiger charge is -2.20. The van der Waals surface area contributed by atoms with Gasteiger partial charge in [0, 0.05) is 18.8 Å². The van der Waals surface area contributed by atoms with Gasteiger partial charge in [-0.15, -0.1) is 25.8 Å². The molecular formula is C11H17BrNP. The van der Waals surface area contributed by atoms with Gasteiger partial charge in [-0.3, -0.25) is 0 Å². The Hall–Kier alpha value is -0.330. The Bertz CT molecular complexity index is 267. The third kappa shape index (κ3) is 3.43. The molecule has 0 spiro atoms. The van der Waals surface area contributed by atoms with Crippen LogP contribution in [0.4, 0.5) is 5.69 Å². The SMILES string of the molecule is Br.CCN(CC)c1ccc(C=P)cc1. The highest BCUT2D eigenvalue weighted by Crippen LogP contribution is 2.13. The normalized spacial score (nSPS) is 9.00. The lowest BCUT2D eigenvalue weighted by atomic mass is 10.2. The summed E-state index contributed by atoms with van der Waals surface area (Å²) >= 11 is 0. The third-order valence-electron chi connectivity index (χ3n) is 2.19. The fraction of sp³-hybridized carbons (Fsp3) is 0.364. The molecule has 14 heavy (non-hydrogen) atoms. The molecule has 0 atom stereocenters. The van der Waals surface area contributed by atoms with E-state index in [1.807, 2.05) is 5.80 Å². The largest absolute Gasteiger partial charge is 0.372 e. The second-order valence-corrected chi connectivity index (χ2v) is 3.20. The van der Waals surface area contributed by atoms with Crippen LogP contribution in [0.1, 0.15) is 19.4 Å². The van der Waals surface area contributed by atoms with Gasteiger partial charge in [-0.25, -0.2) is 0 Å². The first-order valence-corrected chi connectivity index (χ1v) is 5.25. The van der Waals surface area contributed by atoms with Crippen molar-refractivity contribution in [3.63, 3.8) is 0 Å². The summed E-state index contributed by atoms with van der Waals surface area (Å²) < 4.78 is 0. The minimum atomic E-state index is 0. The molecule has 1 aromatic carbocycles. The molecule has 0 amide bonds. The zero-order valence-electron chi connectivity index (χ0n) is 8.66. The fourth-order valence-electron chi connectivity index (χ4n) is 1.37. The molecule has 0 heterocycles. The van der Waals surface area contributed by atoms with Gasteiger partial charge in [0.2, 0.25) is 0 Å². The average Bonchev–Trinajstić information content (AvgIpc) is 2.21. The van der Waals surface area contributed by atoms with Gasteiger partial charge in [0.1, 0.15) is 0 Å².